The molecule has 0 aliphatic rings. The van der Waals surface area contributed by atoms with E-state index < -0.39 is 17.8 Å². The first kappa shape index (κ1) is 16.3. The number of H-pyrrole nitrogens is 1. The fourth-order valence-electron chi connectivity index (χ4n) is 2.38. The molecule has 3 aromatic rings. The molecule has 0 aliphatic carbocycles. The fraction of sp³-hybridized carbons (Fsp3) is 0.125. The summed E-state index contributed by atoms with van der Waals surface area (Å²) in [7, 11) is 0. The van der Waals surface area contributed by atoms with Crippen LogP contribution in [0.25, 0.3) is 0 Å². The summed E-state index contributed by atoms with van der Waals surface area (Å²) >= 11 is 5.80. The lowest BCUT2D eigenvalue weighted by atomic mass is 9.96. The van der Waals surface area contributed by atoms with Gasteiger partial charge in [0.1, 0.15) is 5.82 Å². The van der Waals surface area contributed by atoms with Gasteiger partial charge in [-0.1, -0.05) is 29.8 Å². The number of aromatic amines is 1. The average Bonchev–Trinajstić information content (AvgIpc) is 3.08. The first-order chi connectivity index (χ1) is 11.4. The summed E-state index contributed by atoms with van der Waals surface area (Å²) in [5.41, 5.74) is -0.0655. The monoisotopic (exact) mass is 352 g/mol. The van der Waals surface area contributed by atoms with E-state index in [4.69, 9.17) is 11.6 Å². The number of benzene rings is 1. The van der Waals surface area contributed by atoms with Crippen molar-refractivity contribution in [2.24, 2.45) is 0 Å². The highest BCUT2D eigenvalue weighted by atomic mass is 35.5. The van der Waals surface area contributed by atoms with E-state index in [2.05, 4.69) is 20.5 Å². The number of pyridine rings is 1. The molecule has 1 aromatic carbocycles. The highest BCUT2D eigenvalue weighted by molar-refractivity contribution is 6.30. The van der Waals surface area contributed by atoms with E-state index in [0.717, 1.165) is 6.07 Å². The Morgan fingerprint density at radius 2 is 1.88 bits per heavy atom. The van der Waals surface area contributed by atoms with Crippen LogP contribution in [-0.2, 0) is 6.18 Å². The molecule has 3 rings (SSSR count). The minimum atomic E-state index is -4.46. The fourth-order valence-corrected chi connectivity index (χ4v) is 2.49. The first-order valence-corrected chi connectivity index (χ1v) is 7.36. The van der Waals surface area contributed by atoms with Crippen molar-refractivity contribution in [2.75, 3.05) is 5.32 Å². The van der Waals surface area contributed by atoms with E-state index >= 15 is 0 Å². The Balaban J connectivity index is 2.05. The molecule has 2 heterocycles. The maximum absolute atomic E-state index is 13.4. The molecule has 0 saturated carbocycles. The van der Waals surface area contributed by atoms with Crippen LogP contribution in [0.2, 0.25) is 5.02 Å². The number of nitrogens with one attached hydrogen (secondary N) is 2. The van der Waals surface area contributed by atoms with Crippen LogP contribution in [0.15, 0.2) is 55.0 Å². The molecular weight excluding hydrogens is 341 g/mol. The molecule has 0 aliphatic heterocycles. The van der Waals surface area contributed by atoms with Gasteiger partial charge in [-0.3, -0.25) is 5.10 Å². The predicted octanol–water partition coefficient (Wildman–Crippen LogP) is 4.68. The number of hydrogen-bond donors (Lipinski definition) is 2. The number of alkyl halides is 3. The molecule has 2 aromatic heterocycles. The number of aromatic nitrogens is 3. The number of halogens is 4. The van der Waals surface area contributed by atoms with Crippen molar-refractivity contribution < 1.29 is 13.2 Å². The van der Waals surface area contributed by atoms with Crippen molar-refractivity contribution >= 4 is 17.4 Å². The third-order valence-corrected chi connectivity index (χ3v) is 3.67. The van der Waals surface area contributed by atoms with E-state index in [0.29, 0.717) is 16.4 Å². The summed E-state index contributed by atoms with van der Waals surface area (Å²) < 4.78 is 40.1. The van der Waals surface area contributed by atoms with Crippen molar-refractivity contribution in [3.63, 3.8) is 0 Å². The van der Waals surface area contributed by atoms with Crippen LogP contribution in [0.5, 0.6) is 0 Å². The average molecular weight is 353 g/mol. The summed E-state index contributed by atoms with van der Waals surface area (Å²) in [6, 6.07) is 7.86. The standard InChI is InChI=1S/C16H12ClF3N4/c17-11-5-6-14(21-9-11)24-15(10-7-22-23-8-10)12-3-1-2-4-13(12)16(18,19)20/h1-9,15H,(H,21,24)(H,22,23). The van der Waals surface area contributed by atoms with Crippen LogP contribution in [0, 0.1) is 0 Å². The number of rotatable bonds is 4. The Labute approximate surface area is 140 Å². The Morgan fingerprint density at radius 3 is 2.50 bits per heavy atom. The van der Waals surface area contributed by atoms with E-state index in [1.165, 1.54) is 24.5 Å². The normalized spacial score (nSPS) is 12.8. The number of nitrogens with zero attached hydrogens (tertiary/aromatic N) is 2. The molecule has 1 atom stereocenters. The first-order valence-electron chi connectivity index (χ1n) is 6.98. The maximum atomic E-state index is 13.4. The Bertz CT molecular complexity index is 801. The number of anilines is 1. The van der Waals surface area contributed by atoms with E-state index in [9.17, 15) is 13.2 Å². The molecule has 124 valence electrons. The lowest BCUT2D eigenvalue weighted by molar-refractivity contribution is -0.138. The molecule has 0 radical (unpaired) electrons. The van der Waals surface area contributed by atoms with Gasteiger partial charge >= 0.3 is 6.18 Å². The molecule has 1 unspecified atom stereocenters. The largest absolute Gasteiger partial charge is 0.416 e. The zero-order chi connectivity index (χ0) is 17.2. The smallest absolute Gasteiger partial charge is 0.359 e. The second-order valence-electron chi connectivity index (χ2n) is 5.06. The van der Waals surface area contributed by atoms with Crippen molar-refractivity contribution in [1.82, 2.24) is 15.2 Å². The lowest BCUT2D eigenvalue weighted by Gasteiger charge is -2.22. The molecule has 8 heteroatoms. The Kier molecular flexibility index (Phi) is 4.44. The van der Waals surface area contributed by atoms with Gasteiger partial charge in [-0.25, -0.2) is 4.98 Å². The topological polar surface area (TPSA) is 53.6 Å². The molecule has 4 nitrogen and oxygen atoms in total. The molecule has 0 spiro atoms. The third-order valence-electron chi connectivity index (χ3n) is 3.45. The van der Waals surface area contributed by atoms with Crippen LogP contribution in [0.4, 0.5) is 19.0 Å². The highest BCUT2D eigenvalue weighted by Gasteiger charge is 2.35. The predicted molar refractivity (Wildman–Crippen MR) is 84.7 cm³/mol. The van der Waals surface area contributed by atoms with Crippen molar-refractivity contribution in [3.05, 3.63) is 76.7 Å². The van der Waals surface area contributed by atoms with Gasteiger partial charge in [0.2, 0.25) is 0 Å². The van der Waals surface area contributed by atoms with Crippen LogP contribution >= 0.6 is 11.6 Å². The second kappa shape index (κ2) is 6.52. The number of hydrogen-bond acceptors (Lipinski definition) is 3. The van der Waals surface area contributed by atoms with Gasteiger partial charge in [0.05, 0.1) is 22.8 Å². The Morgan fingerprint density at radius 1 is 1.08 bits per heavy atom. The van der Waals surface area contributed by atoms with Crippen LogP contribution in [-0.4, -0.2) is 15.2 Å². The third kappa shape index (κ3) is 3.51. The van der Waals surface area contributed by atoms with Gasteiger partial charge in [0.15, 0.2) is 0 Å². The van der Waals surface area contributed by atoms with Crippen molar-refractivity contribution in [2.45, 2.75) is 12.2 Å². The van der Waals surface area contributed by atoms with Gasteiger partial charge in [0.25, 0.3) is 0 Å². The molecule has 0 saturated heterocycles. The molecule has 0 bridgehead atoms. The quantitative estimate of drug-likeness (QED) is 0.717. The van der Waals surface area contributed by atoms with Gasteiger partial charge in [-0.2, -0.15) is 18.3 Å². The summed E-state index contributed by atoms with van der Waals surface area (Å²) in [5, 5.41) is 9.90. The maximum Gasteiger partial charge on any atom is 0.416 e. The van der Waals surface area contributed by atoms with Crippen LogP contribution < -0.4 is 5.32 Å². The van der Waals surface area contributed by atoms with Crippen molar-refractivity contribution in [3.8, 4) is 0 Å². The minimum absolute atomic E-state index is 0.0863. The van der Waals surface area contributed by atoms with Crippen LogP contribution in [0.3, 0.4) is 0 Å². The molecule has 2 N–H and O–H groups in total. The lowest BCUT2D eigenvalue weighted by Crippen LogP contribution is -2.18. The molecule has 0 amide bonds. The van der Waals surface area contributed by atoms with Crippen molar-refractivity contribution in [1.29, 1.82) is 0 Å². The second-order valence-corrected chi connectivity index (χ2v) is 5.49. The minimum Gasteiger partial charge on any atom is -0.359 e. The summed E-state index contributed by atoms with van der Waals surface area (Å²) in [6.45, 7) is 0. The Hall–Kier alpha value is -2.54. The molecular formula is C16H12ClF3N4. The zero-order valence-corrected chi connectivity index (χ0v) is 12.9. The van der Waals surface area contributed by atoms with Gasteiger partial charge < -0.3 is 5.32 Å². The molecule has 24 heavy (non-hydrogen) atoms. The zero-order valence-electron chi connectivity index (χ0n) is 12.2. The van der Waals surface area contributed by atoms with E-state index in [1.54, 1.807) is 24.4 Å². The summed E-state index contributed by atoms with van der Waals surface area (Å²) in [5.74, 6) is 0.405. The van der Waals surface area contributed by atoms with E-state index in [-0.39, 0.29) is 5.56 Å². The highest BCUT2D eigenvalue weighted by Crippen LogP contribution is 2.37. The summed E-state index contributed by atoms with van der Waals surface area (Å²) in [4.78, 5) is 4.09. The van der Waals surface area contributed by atoms with E-state index in [1.807, 2.05) is 0 Å². The van der Waals surface area contributed by atoms with Crippen LogP contribution in [0.1, 0.15) is 22.7 Å². The van der Waals surface area contributed by atoms with Gasteiger partial charge in [-0.05, 0) is 23.8 Å². The summed E-state index contributed by atoms with van der Waals surface area (Å²) in [6.07, 6.45) is -0.0266. The van der Waals surface area contributed by atoms with Gasteiger partial charge in [-0.15, -0.1) is 0 Å². The molecule has 0 fully saturated rings. The SMILES string of the molecule is FC(F)(F)c1ccccc1C(Nc1ccc(Cl)cn1)c1cn[nH]c1. The van der Waals surface area contributed by atoms with Gasteiger partial charge in [0, 0.05) is 18.0 Å².